The molecule has 0 bridgehead atoms. The zero-order chi connectivity index (χ0) is 25.4. The summed E-state index contributed by atoms with van der Waals surface area (Å²) >= 11 is 1.40. The van der Waals surface area contributed by atoms with Crippen LogP contribution in [0.5, 0.6) is 0 Å². The Hall–Kier alpha value is -2.27. The van der Waals surface area contributed by atoms with Crippen LogP contribution in [0.4, 0.5) is 5.13 Å². The number of aliphatic hydroxyl groups is 2. The number of anilines is 1. The number of likely N-dealkylation sites (N-methyl/N-ethyl adjacent to an activating group) is 1. The molecule has 2 aromatic heterocycles. The van der Waals surface area contributed by atoms with E-state index in [0.29, 0.717) is 24.5 Å². The minimum Gasteiger partial charge on any atom is -0.459 e. The molecule has 2 amide bonds. The number of furan rings is 1. The zero-order valence-corrected chi connectivity index (χ0v) is 21.7. The molecule has 0 aliphatic heterocycles. The lowest BCUT2D eigenvalue weighted by atomic mass is 9.47. The van der Waals surface area contributed by atoms with Crippen molar-refractivity contribution in [2.45, 2.75) is 51.6 Å². The van der Waals surface area contributed by atoms with Gasteiger partial charge < -0.3 is 24.8 Å². The molecule has 192 valence electrons. The van der Waals surface area contributed by atoms with E-state index in [4.69, 9.17) is 9.40 Å². The highest BCUT2D eigenvalue weighted by Crippen LogP contribution is 2.62. The summed E-state index contributed by atoms with van der Waals surface area (Å²) in [5.41, 5.74) is -0.173. The van der Waals surface area contributed by atoms with Gasteiger partial charge in [-0.25, -0.2) is 4.98 Å². The van der Waals surface area contributed by atoms with Crippen molar-refractivity contribution in [3.05, 3.63) is 34.7 Å². The first-order chi connectivity index (χ1) is 16.6. The normalized spacial score (nSPS) is 30.0. The van der Waals surface area contributed by atoms with Crippen molar-refractivity contribution in [3.8, 4) is 0 Å². The maximum Gasteiger partial charge on any atom is 0.293 e. The van der Waals surface area contributed by atoms with Gasteiger partial charge in [0.2, 0.25) is 5.91 Å². The molecule has 4 rings (SSSR count). The number of nitrogens with one attached hydrogen (secondary N) is 3. The second-order valence-electron chi connectivity index (χ2n) is 10.8. The minimum atomic E-state index is -0.685. The number of aliphatic hydroxyl groups excluding tert-OH is 2. The molecular formula is C25H37N4O5S+. The number of carbonyl (C=O) groups is 2. The standard InChI is InChI=1S/C25H36N4O5S/c1-24-8-7-19(31)25(2,14-30)18(24)13-17-21(15(24)12-20(32)26-9-10-29(3)4)27-23(35-17)28-22(33)16-6-5-11-34-16/h5-6,11,15,18-19,30-31H,7-10,12-14H2,1-4H3,(H,26,32)(H,27,28,33)/p+1/t15-,18+,19-,24+,25+/m1/s1. The lowest BCUT2D eigenvalue weighted by molar-refractivity contribution is -0.856. The Balaban J connectivity index is 1.66. The highest BCUT2D eigenvalue weighted by molar-refractivity contribution is 7.15. The average molecular weight is 506 g/mol. The van der Waals surface area contributed by atoms with Crippen LogP contribution in [0.15, 0.2) is 22.8 Å². The van der Waals surface area contributed by atoms with Crippen molar-refractivity contribution in [3.63, 3.8) is 0 Å². The fourth-order valence-electron chi connectivity index (χ4n) is 5.98. The van der Waals surface area contributed by atoms with Crippen molar-refractivity contribution in [1.82, 2.24) is 10.3 Å². The van der Waals surface area contributed by atoms with Gasteiger partial charge in [0, 0.05) is 22.6 Å². The molecule has 2 aromatic rings. The summed E-state index contributed by atoms with van der Waals surface area (Å²) in [6, 6.07) is 3.25. The fraction of sp³-hybridized carbons (Fsp3) is 0.640. The molecule has 2 aliphatic carbocycles. The van der Waals surface area contributed by atoms with E-state index in [-0.39, 0.29) is 47.9 Å². The van der Waals surface area contributed by atoms with E-state index >= 15 is 0 Å². The Kier molecular flexibility index (Phi) is 7.38. The second kappa shape index (κ2) is 10.0. The third-order valence-electron chi connectivity index (χ3n) is 8.20. The lowest BCUT2D eigenvalue weighted by Crippen LogP contribution is -3.06. The number of carbonyl (C=O) groups excluding carboxylic acids is 2. The van der Waals surface area contributed by atoms with Crippen molar-refractivity contribution in [2.75, 3.05) is 39.1 Å². The van der Waals surface area contributed by atoms with Crippen LogP contribution < -0.4 is 15.5 Å². The van der Waals surface area contributed by atoms with Crippen LogP contribution in [0.1, 0.15) is 60.2 Å². The molecule has 2 heterocycles. The highest BCUT2D eigenvalue weighted by atomic mass is 32.1. The highest BCUT2D eigenvalue weighted by Gasteiger charge is 2.59. The zero-order valence-electron chi connectivity index (χ0n) is 20.9. The van der Waals surface area contributed by atoms with Gasteiger partial charge in [-0.05, 0) is 42.7 Å². The Bertz CT molecular complexity index is 1050. The number of nitrogens with zero attached hydrogens (tertiary/aromatic N) is 1. The first-order valence-corrected chi connectivity index (χ1v) is 13.1. The summed E-state index contributed by atoms with van der Waals surface area (Å²) in [5.74, 6) is -0.425. The number of hydrogen-bond acceptors (Lipinski definition) is 7. The molecule has 5 atom stereocenters. The van der Waals surface area contributed by atoms with Gasteiger partial charge in [0.15, 0.2) is 10.9 Å². The average Bonchev–Trinajstić information content (AvgIpc) is 3.48. The van der Waals surface area contributed by atoms with E-state index in [1.807, 2.05) is 21.0 Å². The quantitative estimate of drug-likeness (QED) is 0.365. The molecule has 10 heteroatoms. The molecule has 0 unspecified atom stereocenters. The Morgan fingerprint density at radius 2 is 2.11 bits per heavy atom. The molecular weight excluding hydrogens is 468 g/mol. The third kappa shape index (κ3) is 4.89. The van der Waals surface area contributed by atoms with Gasteiger partial charge in [0.05, 0.1) is 51.9 Å². The van der Waals surface area contributed by atoms with E-state index in [9.17, 15) is 19.8 Å². The number of hydrogen-bond donors (Lipinski definition) is 5. The molecule has 2 aliphatic rings. The summed E-state index contributed by atoms with van der Waals surface area (Å²) in [7, 11) is 4.09. The number of fused-ring (bicyclic) bond motifs is 2. The van der Waals surface area contributed by atoms with Crippen LogP contribution in [-0.2, 0) is 11.2 Å². The first-order valence-electron chi connectivity index (χ1n) is 12.3. The van der Waals surface area contributed by atoms with Gasteiger partial charge in [0.1, 0.15) is 0 Å². The maximum atomic E-state index is 13.0. The summed E-state index contributed by atoms with van der Waals surface area (Å²) in [5, 5.41) is 27.6. The van der Waals surface area contributed by atoms with Crippen molar-refractivity contribution >= 4 is 28.3 Å². The maximum absolute atomic E-state index is 13.0. The third-order valence-corrected chi connectivity index (χ3v) is 9.20. The summed E-state index contributed by atoms with van der Waals surface area (Å²) in [6.45, 7) is 5.41. The van der Waals surface area contributed by atoms with Gasteiger partial charge in [-0.2, -0.15) is 0 Å². The smallest absolute Gasteiger partial charge is 0.293 e. The second-order valence-corrected chi connectivity index (χ2v) is 11.9. The monoisotopic (exact) mass is 505 g/mol. The van der Waals surface area contributed by atoms with Crippen LogP contribution in [-0.4, -0.2) is 66.9 Å². The molecule has 35 heavy (non-hydrogen) atoms. The van der Waals surface area contributed by atoms with Crippen molar-refractivity contribution in [1.29, 1.82) is 0 Å². The predicted molar refractivity (Wildman–Crippen MR) is 133 cm³/mol. The summed E-state index contributed by atoms with van der Waals surface area (Å²) in [6.07, 6.45) is 3.04. The van der Waals surface area contributed by atoms with Gasteiger partial charge in [-0.1, -0.05) is 13.8 Å². The van der Waals surface area contributed by atoms with E-state index in [1.165, 1.54) is 22.5 Å². The predicted octanol–water partition coefficient (Wildman–Crippen LogP) is 1.05. The number of aromatic nitrogens is 1. The number of rotatable bonds is 8. The Morgan fingerprint density at radius 3 is 2.77 bits per heavy atom. The fourth-order valence-corrected chi connectivity index (χ4v) is 7.04. The summed E-state index contributed by atoms with van der Waals surface area (Å²) in [4.78, 5) is 32.6. The lowest BCUT2D eigenvalue weighted by Gasteiger charge is -2.58. The summed E-state index contributed by atoms with van der Waals surface area (Å²) < 4.78 is 5.20. The van der Waals surface area contributed by atoms with Gasteiger partial charge in [-0.3, -0.25) is 14.9 Å². The number of thiazole rings is 1. The molecule has 9 nitrogen and oxygen atoms in total. The number of quaternary nitrogens is 1. The number of amides is 2. The van der Waals surface area contributed by atoms with Crippen LogP contribution in [0.3, 0.4) is 0 Å². The van der Waals surface area contributed by atoms with Gasteiger partial charge in [-0.15, -0.1) is 11.3 Å². The molecule has 5 N–H and O–H groups in total. The van der Waals surface area contributed by atoms with Crippen molar-refractivity contribution in [2.24, 2.45) is 16.7 Å². The minimum absolute atomic E-state index is 0.0323. The molecule has 0 saturated heterocycles. The molecule has 1 saturated carbocycles. The van der Waals surface area contributed by atoms with Crippen LogP contribution in [0.25, 0.3) is 0 Å². The van der Waals surface area contributed by atoms with Crippen LogP contribution in [0.2, 0.25) is 0 Å². The molecule has 0 radical (unpaired) electrons. The molecule has 1 fully saturated rings. The van der Waals surface area contributed by atoms with E-state index in [2.05, 4.69) is 17.6 Å². The first kappa shape index (κ1) is 25.8. The van der Waals surface area contributed by atoms with Gasteiger partial charge >= 0.3 is 0 Å². The van der Waals surface area contributed by atoms with Crippen molar-refractivity contribution < 1.29 is 29.1 Å². The van der Waals surface area contributed by atoms with E-state index in [1.54, 1.807) is 12.1 Å². The molecule has 0 spiro atoms. The van der Waals surface area contributed by atoms with Crippen LogP contribution in [0, 0.1) is 16.7 Å². The Labute approximate surface area is 209 Å². The van der Waals surface area contributed by atoms with E-state index < -0.39 is 11.5 Å². The molecule has 0 aromatic carbocycles. The largest absolute Gasteiger partial charge is 0.459 e. The van der Waals surface area contributed by atoms with Gasteiger partial charge in [0.25, 0.3) is 5.91 Å². The van der Waals surface area contributed by atoms with Crippen LogP contribution >= 0.6 is 11.3 Å². The topological polar surface area (TPSA) is 129 Å². The SMILES string of the molecule is C[NH+](C)CCNC(=O)C[C@@H]1c2nc(NC(=O)c3ccco3)sc2C[C@@H]2[C@](C)(CO)[C@H](O)CC[C@]21C. The van der Waals surface area contributed by atoms with E-state index in [0.717, 1.165) is 23.5 Å². The Morgan fingerprint density at radius 1 is 1.34 bits per heavy atom.